The number of carbonyl (C=O) groups is 1. The van der Waals surface area contributed by atoms with Crippen molar-refractivity contribution in [3.05, 3.63) is 77.7 Å². The maximum Gasteiger partial charge on any atom is 0.259 e. The number of imidazole rings is 1. The number of benzene rings is 2. The van der Waals surface area contributed by atoms with E-state index < -0.39 is 10.0 Å². The molecule has 156 valence electrons. The van der Waals surface area contributed by atoms with E-state index in [0.29, 0.717) is 17.7 Å². The molecule has 3 aromatic rings. The van der Waals surface area contributed by atoms with Crippen molar-refractivity contribution < 1.29 is 17.9 Å². The highest BCUT2D eigenvalue weighted by molar-refractivity contribution is 7.89. The zero-order chi connectivity index (χ0) is 21.1. The molecule has 0 radical (unpaired) electrons. The Kier molecular flexibility index (Phi) is 5.56. The number of aromatic nitrogens is 2. The number of sulfonamides is 1. The van der Waals surface area contributed by atoms with Crippen molar-refractivity contribution in [2.24, 2.45) is 7.05 Å². The Labute approximate surface area is 175 Å². The van der Waals surface area contributed by atoms with Gasteiger partial charge in [-0.25, -0.2) is 18.1 Å². The van der Waals surface area contributed by atoms with Gasteiger partial charge in [0.15, 0.2) is 5.03 Å². The Balaban J connectivity index is 1.38. The van der Waals surface area contributed by atoms with Crippen LogP contribution in [0.3, 0.4) is 0 Å². The van der Waals surface area contributed by atoms with E-state index in [9.17, 15) is 13.2 Å². The van der Waals surface area contributed by atoms with Gasteiger partial charge in [-0.15, -0.1) is 0 Å². The molecule has 0 aliphatic carbocycles. The van der Waals surface area contributed by atoms with Gasteiger partial charge in [0.2, 0.25) is 0 Å². The minimum atomic E-state index is -3.67. The van der Waals surface area contributed by atoms with E-state index in [2.05, 4.69) is 15.0 Å². The number of carbonyl (C=O) groups excluding carboxylic acids is 1. The summed E-state index contributed by atoms with van der Waals surface area (Å²) in [6, 6.07) is 15.1. The lowest BCUT2D eigenvalue weighted by Crippen LogP contribution is -2.28. The summed E-state index contributed by atoms with van der Waals surface area (Å²) in [5.41, 5.74) is 2.65. The molecule has 30 heavy (non-hydrogen) atoms. The van der Waals surface area contributed by atoms with Gasteiger partial charge < -0.3 is 14.6 Å². The van der Waals surface area contributed by atoms with Gasteiger partial charge in [-0.05, 0) is 35.7 Å². The zero-order valence-corrected chi connectivity index (χ0v) is 17.2. The first-order valence-electron chi connectivity index (χ1n) is 9.51. The fourth-order valence-electron chi connectivity index (χ4n) is 3.40. The number of nitrogens with one attached hydrogen (secondary N) is 2. The van der Waals surface area contributed by atoms with E-state index in [1.807, 2.05) is 36.4 Å². The number of aryl methyl sites for hydroxylation is 1. The molecule has 0 bridgehead atoms. The first-order valence-corrected chi connectivity index (χ1v) is 11.0. The first kappa shape index (κ1) is 20.1. The van der Waals surface area contributed by atoms with Crippen LogP contribution in [-0.4, -0.2) is 37.0 Å². The number of fused-ring (bicyclic) bond motifs is 1. The predicted octanol–water partition coefficient (Wildman–Crippen LogP) is 1.80. The summed E-state index contributed by atoms with van der Waals surface area (Å²) >= 11 is 0. The second kappa shape index (κ2) is 8.29. The summed E-state index contributed by atoms with van der Waals surface area (Å²) in [4.78, 5) is 16.1. The molecule has 9 heteroatoms. The van der Waals surface area contributed by atoms with Gasteiger partial charge in [-0.2, -0.15) is 0 Å². The minimum absolute atomic E-state index is 0.0316. The Bertz CT molecular complexity index is 1160. The van der Waals surface area contributed by atoms with Crippen molar-refractivity contribution in [3.63, 3.8) is 0 Å². The van der Waals surface area contributed by atoms with Crippen molar-refractivity contribution in [2.75, 3.05) is 13.2 Å². The third kappa shape index (κ3) is 4.37. The van der Waals surface area contributed by atoms with E-state index in [4.69, 9.17) is 4.74 Å². The number of rotatable bonds is 8. The molecule has 0 fully saturated rings. The van der Waals surface area contributed by atoms with Gasteiger partial charge in [-0.1, -0.05) is 30.3 Å². The summed E-state index contributed by atoms with van der Waals surface area (Å²) in [5.74, 6) is 0.487. The fraction of sp³-hybridized carbons (Fsp3) is 0.238. The Hall–Kier alpha value is -3.17. The molecular weight excluding hydrogens is 404 g/mol. The van der Waals surface area contributed by atoms with Crippen LogP contribution in [0.5, 0.6) is 5.75 Å². The minimum Gasteiger partial charge on any atom is -0.492 e. The predicted molar refractivity (Wildman–Crippen MR) is 111 cm³/mol. The molecule has 1 unspecified atom stereocenters. The van der Waals surface area contributed by atoms with E-state index in [0.717, 1.165) is 11.1 Å². The largest absolute Gasteiger partial charge is 0.492 e. The summed E-state index contributed by atoms with van der Waals surface area (Å²) in [6.07, 6.45) is 3.55. The molecule has 1 amide bonds. The van der Waals surface area contributed by atoms with Gasteiger partial charge in [0.1, 0.15) is 12.4 Å². The standard InChI is InChI=1S/C21H22N4O4S/c1-25-13-20(22-14-25)30(27,28)23-9-10-29-16-7-8-17-18(12-16)19(24-21(17)26)11-15-5-3-2-4-6-15/h2-8,12-14,19,23H,9-11H2,1H3,(H,24,26). The third-order valence-corrected chi connectivity index (χ3v) is 6.20. The summed E-state index contributed by atoms with van der Waals surface area (Å²) < 4.78 is 34.1. The molecule has 2 aromatic carbocycles. The molecule has 1 atom stereocenters. The van der Waals surface area contributed by atoms with E-state index in [-0.39, 0.29) is 30.1 Å². The van der Waals surface area contributed by atoms with Crippen LogP contribution in [-0.2, 0) is 23.5 Å². The van der Waals surface area contributed by atoms with Crippen LogP contribution in [0.2, 0.25) is 0 Å². The molecule has 4 rings (SSSR count). The lowest BCUT2D eigenvalue weighted by atomic mass is 9.98. The Morgan fingerprint density at radius 3 is 2.73 bits per heavy atom. The van der Waals surface area contributed by atoms with Gasteiger partial charge >= 0.3 is 0 Å². The molecule has 2 heterocycles. The maximum atomic E-state index is 12.2. The van der Waals surface area contributed by atoms with Crippen LogP contribution >= 0.6 is 0 Å². The number of hydrogen-bond donors (Lipinski definition) is 2. The van der Waals surface area contributed by atoms with E-state index in [1.54, 1.807) is 23.7 Å². The van der Waals surface area contributed by atoms with E-state index >= 15 is 0 Å². The lowest BCUT2D eigenvalue weighted by molar-refractivity contribution is 0.0956. The summed E-state index contributed by atoms with van der Waals surface area (Å²) in [6.45, 7) is 0.246. The molecule has 1 aliphatic heterocycles. The molecule has 2 N–H and O–H groups in total. The van der Waals surface area contributed by atoms with Crippen molar-refractivity contribution >= 4 is 15.9 Å². The first-order chi connectivity index (χ1) is 14.4. The molecule has 1 aromatic heterocycles. The van der Waals surface area contributed by atoms with Crippen molar-refractivity contribution in [2.45, 2.75) is 17.5 Å². The Morgan fingerprint density at radius 2 is 2.00 bits per heavy atom. The second-order valence-corrected chi connectivity index (χ2v) is 8.80. The van der Waals surface area contributed by atoms with Crippen LogP contribution in [0.4, 0.5) is 0 Å². The van der Waals surface area contributed by atoms with Crippen LogP contribution in [0, 0.1) is 0 Å². The molecule has 0 saturated heterocycles. The average Bonchev–Trinajstić information content (AvgIpc) is 3.30. The highest BCUT2D eigenvalue weighted by Crippen LogP contribution is 2.31. The van der Waals surface area contributed by atoms with Crippen molar-refractivity contribution in [1.29, 1.82) is 0 Å². The van der Waals surface area contributed by atoms with Crippen LogP contribution < -0.4 is 14.8 Å². The maximum absolute atomic E-state index is 12.2. The number of hydrogen-bond acceptors (Lipinski definition) is 5. The smallest absolute Gasteiger partial charge is 0.259 e. The van der Waals surface area contributed by atoms with Crippen LogP contribution in [0.15, 0.2) is 66.1 Å². The van der Waals surface area contributed by atoms with Gasteiger partial charge in [0.25, 0.3) is 15.9 Å². The van der Waals surface area contributed by atoms with Crippen molar-refractivity contribution in [3.8, 4) is 5.75 Å². The molecule has 0 saturated carbocycles. The second-order valence-electron chi connectivity index (χ2n) is 7.09. The topological polar surface area (TPSA) is 102 Å². The van der Waals surface area contributed by atoms with E-state index in [1.165, 1.54) is 12.5 Å². The number of ether oxygens (including phenoxy) is 1. The average molecular weight is 426 g/mol. The third-order valence-electron chi connectivity index (χ3n) is 4.85. The van der Waals surface area contributed by atoms with Crippen LogP contribution in [0.1, 0.15) is 27.5 Å². The summed E-state index contributed by atoms with van der Waals surface area (Å²) in [7, 11) is -1.97. The lowest BCUT2D eigenvalue weighted by Gasteiger charge is -2.13. The quantitative estimate of drug-likeness (QED) is 0.535. The highest BCUT2D eigenvalue weighted by atomic mass is 32.2. The van der Waals surface area contributed by atoms with Crippen molar-refractivity contribution in [1.82, 2.24) is 19.6 Å². The normalized spacial score (nSPS) is 15.6. The van der Waals surface area contributed by atoms with Gasteiger partial charge in [0.05, 0.1) is 12.4 Å². The Morgan fingerprint density at radius 1 is 1.20 bits per heavy atom. The molecule has 0 spiro atoms. The van der Waals surface area contributed by atoms with Gasteiger partial charge in [-0.3, -0.25) is 4.79 Å². The fourth-order valence-corrected chi connectivity index (χ4v) is 4.39. The molecule has 1 aliphatic rings. The zero-order valence-electron chi connectivity index (χ0n) is 16.4. The number of amides is 1. The molecular formula is C21H22N4O4S. The summed E-state index contributed by atoms with van der Waals surface area (Å²) in [5, 5.41) is 2.98. The van der Waals surface area contributed by atoms with Gasteiger partial charge in [0, 0.05) is 25.4 Å². The SMILES string of the molecule is Cn1cnc(S(=O)(=O)NCCOc2ccc3c(c2)C(Cc2ccccc2)NC3=O)c1. The van der Waals surface area contributed by atoms with Crippen LogP contribution in [0.25, 0.3) is 0 Å². The number of nitrogens with zero attached hydrogens (tertiary/aromatic N) is 2. The monoisotopic (exact) mass is 426 g/mol. The molecule has 8 nitrogen and oxygen atoms in total. The highest BCUT2D eigenvalue weighted by Gasteiger charge is 2.29.